The average Bonchev–Trinajstić information content (AvgIpc) is 2.25. The zero-order chi connectivity index (χ0) is 12.9. The van der Waals surface area contributed by atoms with Crippen LogP contribution in [0.15, 0.2) is 24.3 Å². The third kappa shape index (κ3) is 5.67. The normalized spacial score (nSPS) is 13.4. The van der Waals surface area contributed by atoms with E-state index in [-0.39, 0.29) is 18.9 Å². The molecule has 0 radical (unpaired) electrons. The molecular formula is C11H17NO4S. The second kappa shape index (κ2) is 6.00. The molecule has 0 bridgehead atoms. The van der Waals surface area contributed by atoms with Crippen molar-refractivity contribution in [2.45, 2.75) is 11.9 Å². The Morgan fingerprint density at radius 3 is 2.35 bits per heavy atom. The number of aliphatic hydroxyl groups is 2. The fourth-order valence-electron chi connectivity index (χ4n) is 1.32. The van der Waals surface area contributed by atoms with Gasteiger partial charge in [0.25, 0.3) is 0 Å². The molecule has 0 saturated heterocycles. The van der Waals surface area contributed by atoms with Crippen LogP contribution in [-0.4, -0.2) is 44.1 Å². The number of hydrogen-bond acceptors (Lipinski definition) is 5. The van der Waals surface area contributed by atoms with Gasteiger partial charge in [-0.2, -0.15) is 0 Å². The van der Waals surface area contributed by atoms with Crippen molar-refractivity contribution in [1.82, 2.24) is 0 Å². The van der Waals surface area contributed by atoms with Gasteiger partial charge in [0.05, 0.1) is 18.5 Å². The van der Waals surface area contributed by atoms with Crippen LogP contribution in [0.3, 0.4) is 0 Å². The van der Waals surface area contributed by atoms with Gasteiger partial charge in [0.15, 0.2) is 9.84 Å². The highest BCUT2D eigenvalue weighted by molar-refractivity contribution is 7.89. The summed E-state index contributed by atoms with van der Waals surface area (Å²) in [6.07, 6.45) is 0.391. The molecule has 1 aromatic rings. The van der Waals surface area contributed by atoms with Crippen molar-refractivity contribution in [2.75, 3.05) is 24.7 Å². The van der Waals surface area contributed by atoms with Gasteiger partial charge in [0, 0.05) is 18.5 Å². The molecule has 5 nitrogen and oxygen atoms in total. The second-order valence-corrected chi connectivity index (χ2v) is 6.12. The van der Waals surface area contributed by atoms with Crippen LogP contribution < -0.4 is 5.32 Å². The third-order valence-corrected chi connectivity index (χ3v) is 2.99. The molecule has 3 N–H and O–H groups in total. The number of benzene rings is 1. The van der Waals surface area contributed by atoms with Gasteiger partial charge in [-0.3, -0.25) is 0 Å². The Hall–Kier alpha value is -1.11. The molecule has 0 fully saturated rings. The topological polar surface area (TPSA) is 86.6 Å². The molecule has 0 spiro atoms. The van der Waals surface area contributed by atoms with Gasteiger partial charge in [-0.05, 0) is 17.7 Å². The first kappa shape index (κ1) is 14.0. The van der Waals surface area contributed by atoms with Crippen LogP contribution in [0.1, 0.15) is 5.56 Å². The molecule has 0 aliphatic carbocycles. The molecule has 96 valence electrons. The van der Waals surface area contributed by atoms with Crippen LogP contribution in [0.2, 0.25) is 0 Å². The van der Waals surface area contributed by atoms with Crippen LogP contribution in [0.5, 0.6) is 0 Å². The lowest BCUT2D eigenvalue weighted by atomic mass is 10.2. The summed E-state index contributed by atoms with van der Waals surface area (Å²) in [6, 6.07) is 6.92. The molecule has 1 unspecified atom stereocenters. The minimum Gasteiger partial charge on any atom is -0.394 e. The van der Waals surface area contributed by atoms with E-state index in [0.717, 1.165) is 11.3 Å². The van der Waals surface area contributed by atoms with Crippen LogP contribution in [0.25, 0.3) is 0 Å². The second-order valence-electron chi connectivity index (χ2n) is 3.98. The standard InChI is InChI=1S/C11H17NO4S/c1-17(15,16)8-9-2-4-10(5-3-9)12-6-11(14)7-13/h2-5,11-14H,6-8H2,1H3. The molecule has 1 atom stereocenters. The Balaban J connectivity index is 2.56. The molecule has 0 aliphatic heterocycles. The monoisotopic (exact) mass is 259 g/mol. The molecule has 0 aliphatic rings. The highest BCUT2D eigenvalue weighted by Gasteiger charge is 2.05. The highest BCUT2D eigenvalue weighted by atomic mass is 32.2. The van der Waals surface area contributed by atoms with Gasteiger partial charge in [-0.25, -0.2) is 8.42 Å². The maximum atomic E-state index is 11.1. The number of anilines is 1. The Bertz CT molecular complexity index is 441. The smallest absolute Gasteiger partial charge is 0.151 e. The van der Waals surface area contributed by atoms with Crippen molar-refractivity contribution in [3.05, 3.63) is 29.8 Å². The number of nitrogens with one attached hydrogen (secondary N) is 1. The van der Waals surface area contributed by atoms with E-state index < -0.39 is 15.9 Å². The molecule has 0 amide bonds. The summed E-state index contributed by atoms with van der Waals surface area (Å²) in [4.78, 5) is 0. The Morgan fingerprint density at radius 1 is 1.29 bits per heavy atom. The van der Waals surface area contributed by atoms with E-state index >= 15 is 0 Å². The molecule has 1 aromatic carbocycles. The lowest BCUT2D eigenvalue weighted by Crippen LogP contribution is -2.22. The van der Waals surface area contributed by atoms with Crippen molar-refractivity contribution < 1.29 is 18.6 Å². The number of aliphatic hydroxyl groups excluding tert-OH is 2. The van der Waals surface area contributed by atoms with E-state index in [2.05, 4.69) is 5.32 Å². The molecule has 0 heterocycles. The predicted octanol–water partition coefficient (Wildman–Crippen LogP) is -0.00370. The van der Waals surface area contributed by atoms with E-state index in [0.29, 0.717) is 0 Å². The quantitative estimate of drug-likeness (QED) is 0.669. The van der Waals surface area contributed by atoms with Crippen LogP contribution in [0.4, 0.5) is 5.69 Å². The van der Waals surface area contributed by atoms with E-state index in [1.54, 1.807) is 24.3 Å². The van der Waals surface area contributed by atoms with Crippen molar-refractivity contribution >= 4 is 15.5 Å². The summed E-state index contributed by atoms with van der Waals surface area (Å²) in [5, 5.41) is 20.7. The zero-order valence-electron chi connectivity index (χ0n) is 9.63. The molecular weight excluding hydrogens is 242 g/mol. The van der Waals surface area contributed by atoms with E-state index in [1.807, 2.05) is 0 Å². The number of hydrogen-bond donors (Lipinski definition) is 3. The van der Waals surface area contributed by atoms with Gasteiger partial charge in [0.2, 0.25) is 0 Å². The number of sulfone groups is 1. The molecule has 0 saturated carbocycles. The Labute approximate surface area is 101 Å². The van der Waals surface area contributed by atoms with Crippen molar-refractivity contribution in [3.8, 4) is 0 Å². The molecule has 17 heavy (non-hydrogen) atoms. The summed E-state index contributed by atoms with van der Waals surface area (Å²) in [5.41, 5.74) is 1.50. The first-order valence-electron chi connectivity index (χ1n) is 5.20. The summed E-state index contributed by atoms with van der Waals surface area (Å²) in [5.74, 6) is 0.0204. The van der Waals surface area contributed by atoms with Crippen molar-refractivity contribution in [3.63, 3.8) is 0 Å². The molecule has 1 rings (SSSR count). The molecule has 0 aromatic heterocycles. The van der Waals surface area contributed by atoms with Crippen LogP contribution in [-0.2, 0) is 15.6 Å². The fraction of sp³-hybridized carbons (Fsp3) is 0.455. The number of rotatable bonds is 6. The maximum absolute atomic E-state index is 11.1. The summed E-state index contributed by atoms with van der Waals surface area (Å²) in [6.45, 7) is -0.0406. The van der Waals surface area contributed by atoms with Gasteiger partial charge >= 0.3 is 0 Å². The minimum atomic E-state index is -3.01. The first-order chi connectivity index (χ1) is 7.90. The summed E-state index contributed by atoms with van der Waals surface area (Å²) >= 11 is 0. The average molecular weight is 259 g/mol. The minimum absolute atomic E-state index is 0.0204. The van der Waals surface area contributed by atoms with Gasteiger partial charge in [-0.15, -0.1) is 0 Å². The Kier molecular flexibility index (Phi) is 4.92. The largest absolute Gasteiger partial charge is 0.394 e. The molecule has 6 heteroatoms. The van der Waals surface area contributed by atoms with Crippen LogP contribution in [0, 0.1) is 0 Å². The van der Waals surface area contributed by atoms with E-state index in [4.69, 9.17) is 10.2 Å². The van der Waals surface area contributed by atoms with E-state index in [9.17, 15) is 8.42 Å². The lowest BCUT2D eigenvalue weighted by Gasteiger charge is -2.10. The van der Waals surface area contributed by atoms with E-state index in [1.165, 1.54) is 6.26 Å². The van der Waals surface area contributed by atoms with Gasteiger partial charge < -0.3 is 15.5 Å². The van der Waals surface area contributed by atoms with Crippen molar-refractivity contribution in [1.29, 1.82) is 0 Å². The zero-order valence-corrected chi connectivity index (χ0v) is 10.4. The third-order valence-electron chi connectivity index (χ3n) is 2.14. The Morgan fingerprint density at radius 2 is 1.88 bits per heavy atom. The van der Waals surface area contributed by atoms with Gasteiger partial charge in [-0.1, -0.05) is 12.1 Å². The van der Waals surface area contributed by atoms with Crippen LogP contribution >= 0.6 is 0 Å². The maximum Gasteiger partial charge on any atom is 0.151 e. The lowest BCUT2D eigenvalue weighted by molar-refractivity contribution is 0.105. The SMILES string of the molecule is CS(=O)(=O)Cc1ccc(NCC(O)CO)cc1. The fourth-order valence-corrected chi connectivity index (χ4v) is 2.12. The summed E-state index contributed by atoms with van der Waals surface area (Å²) in [7, 11) is -3.01. The first-order valence-corrected chi connectivity index (χ1v) is 7.26. The predicted molar refractivity (Wildman–Crippen MR) is 66.6 cm³/mol. The summed E-state index contributed by atoms with van der Waals surface area (Å²) < 4.78 is 22.1. The highest BCUT2D eigenvalue weighted by Crippen LogP contribution is 2.11. The van der Waals surface area contributed by atoms with Gasteiger partial charge in [0.1, 0.15) is 0 Å². The van der Waals surface area contributed by atoms with Crippen molar-refractivity contribution in [2.24, 2.45) is 0 Å².